The van der Waals surface area contributed by atoms with Crippen LogP contribution in [-0.4, -0.2) is 42.4 Å². The molecule has 2 amide bonds. The largest absolute Gasteiger partial charge is 0.352 e. The van der Waals surface area contributed by atoms with E-state index in [0.29, 0.717) is 11.7 Å². The molecule has 1 atom stereocenters. The van der Waals surface area contributed by atoms with Gasteiger partial charge in [-0.1, -0.05) is 6.07 Å². The molecule has 2 N–H and O–H groups in total. The summed E-state index contributed by atoms with van der Waals surface area (Å²) in [6.07, 6.45) is 2.06. The maximum Gasteiger partial charge on any atom is 0.238 e. The lowest BCUT2D eigenvalue weighted by molar-refractivity contribution is -0.126. The molecule has 0 heterocycles. The fourth-order valence-electron chi connectivity index (χ4n) is 1.88. The van der Waals surface area contributed by atoms with Crippen LogP contribution in [0.1, 0.15) is 19.8 Å². The first-order valence-electron chi connectivity index (χ1n) is 7.01. The number of nitrogens with zero attached hydrogens (tertiary/aromatic N) is 1. The Morgan fingerprint density at radius 1 is 1.43 bits per heavy atom. The molecular formula is C15H20FN3O2. The number of amides is 2. The lowest BCUT2D eigenvalue weighted by atomic mass is 10.2. The molecule has 0 spiro atoms. The molecule has 21 heavy (non-hydrogen) atoms. The molecule has 114 valence electrons. The Hall–Kier alpha value is -1.95. The summed E-state index contributed by atoms with van der Waals surface area (Å²) < 4.78 is 13.0. The van der Waals surface area contributed by atoms with Crippen LogP contribution in [0.3, 0.4) is 0 Å². The second-order valence-electron chi connectivity index (χ2n) is 5.43. The van der Waals surface area contributed by atoms with E-state index in [2.05, 4.69) is 10.6 Å². The van der Waals surface area contributed by atoms with Crippen molar-refractivity contribution in [3.8, 4) is 0 Å². The predicted octanol–water partition coefficient (Wildman–Crippen LogP) is 1.36. The van der Waals surface area contributed by atoms with Crippen molar-refractivity contribution in [2.45, 2.75) is 31.8 Å². The van der Waals surface area contributed by atoms with Gasteiger partial charge >= 0.3 is 0 Å². The van der Waals surface area contributed by atoms with Gasteiger partial charge in [0, 0.05) is 11.7 Å². The van der Waals surface area contributed by atoms with E-state index in [-0.39, 0.29) is 24.4 Å². The molecule has 1 aromatic rings. The Labute approximate surface area is 123 Å². The second-order valence-corrected chi connectivity index (χ2v) is 5.43. The zero-order valence-electron chi connectivity index (χ0n) is 12.2. The number of halogens is 1. The number of carbonyl (C=O) groups is 2. The quantitative estimate of drug-likeness (QED) is 0.832. The van der Waals surface area contributed by atoms with Crippen molar-refractivity contribution < 1.29 is 14.0 Å². The maximum absolute atomic E-state index is 13.0. The highest BCUT2D eigenvalue weighted by molar-refractivity contribution is 5.92. The summed E-state index contributed by atoms with van der Waals surface area (Å²) >= 11 is 0. The standard InChI is InChI=1S/C15H20FN3O2/c1-10(15(21)18-12-6-7-12)19(2)9-14(20)17-13-5-3-4-11(16)8-13/h3-5,8,10,12H,6-7,9H2,1-2H3,(H,17,20)(H,18,21)/t10-/m1/s1. The van der Waals surface area contributed by atoms with E-state index >= 15 is 0 Å². The van der Waals surface area contributed by atoms with Gasteiger partial charge in [0.15, 0.2) is 0 Å². The van der Waals surface area contributed by atoms with Gasteiger partial charge in [0.05, 0.1) is 12.6 Å². The van der Waals surface area contributed by atoms with Crippen LogP contribution in [0.5, 0.6) is 0 Å². The van der Waals surface area contributed by atoms with Gasteiger partial charge in [-0.3, -0.25) is 14.5 Å². The molecule has 6 heteroatoms. The van der Waals surface area contributed by atoms with Gasteiger partial charge < -0.3 is 10.6 Å². The van der Waals surface area contributed by atoms with Gasteiger partial charge in [0.25, 0.3) is 0 Å². The molecule has 1 saturated carbocycles. The van der Waals surface area contributed by atoms with Crippen LogP contribution >= 0.6 is 0 Å². The summed E-state index contributed by atoms with van der Waals surface area (Å²) in [5, 5.41) is 5.51. The minimum absolute atomic E-state index is 0.0652. The fraction of sp³-hybridized carbons (Fsp3) is 0.467. The molecule has 5 nitrogen and oxygen atoms in total. The molecule has 1 aromatic carbocycles. The van der Waals surface area contributed by atoms with Gasteiger partial charge in [-0.15, -0.1) is 0 Å². The molecule has 0 aromatic heterocycles. The van der Waals surface area contributed by atoms with Crippen LogP contribution in [0.2, 0.25) is 0 Å². The Morgan fingerprint density at radius 2 is 2.14 bits per heavy atom. The van der Waals surface area contributed by atoms with Gasteiger partial charge in [-0.25, -0.2) is 4.39 Å². The number of hydrogen-bond acceptors (Lipinski definition) is 3. The Kier molecular flexibility index (Phi) is 4.90. The molecule has 0 bridgehead atoms. The highest BCUT2D eigenvalue weighted by Gasteiger charge is 2.27. The normalized spacial score (nSPS) is 15.6. The van der Waals surface area contributed by atoms with Crippen LogP contribution in [0, 0.1) is 5.82 Å². The van der Waals surface area contributed by atoms with Crippen LogP contribution in [-0.2, 0) is 9.59 Å². The average Bonchev–Trinajstić information content (AvgIpc) is 3.21. The average molecular weight is 293 g/mol. The van der Waals surface area contributed by atoms with Crippen molar-refractivity contribution in [3.05, 3.63) is 30.1 Å². The summed E-state index contributed by atoms with van der Waals surface area (Å²) in [5.74, 6) is -0.758. The van der Waals surface area contributed by atoms with Crippen LogP contribution in [0.15, 0.2) is 24.3 Å². The van der Waals surface area contributed by atoms with Crippen molar-refractivity contribution >= 4 is 17.5 Å². The van der Waals surface area contributed by atoms with E-state index in [0.717, 1.165) is 12.8 Å². The molecular weight excluding hydrogens is 273 g/mol. The van der Waals surface area contributed by atoms with Crippen LogP contribution in [0.4, 0.5) is 10.1 Å². The molecule has 2 rings (SSSR count). The first kappa shape index (κ1) is 15.4. The summed E-state index contributed by atoms with van der Waals surface area (Å²) in [6, 6.07) is 5.62. The third-order valence-electron chi connectivity index (χ3n) is 3.47. The van der Waals surface area contributed by atoms with Gasteiger partial charge in [0.1, 0.15) is 5.82 Å². The number of carbonyl (C=O) groups excluding carboxylic acids is 2. The van der Waals surface area contributed by atoms with Crippen molar-refractivity contribution in [1.29, 1.82) is 0 Å². The molecule has 0 unspecified atom stereocenters. The topological polar surface area (TPSA) is 61.4 Å². The van der Waals surface area contributed by atoms with Crippen molar-refractivity contribution in [1.82, 2.24) is 10.2 Å². The zero-order chi connectivity index (χ0) is 15.4. The van der Waals surface area contributed by atoms with Gasteiger partial charge in [-0.2, -0.15) is 0 Å². The molecule has 0 saturated heterocycles. The Bertz CT molecular complexity index is 531. The lowest BCUT2D eigenvalue weighted by Crippen LogP contribution is -2.46. The monoisotopic (exact) mass is 293 g/mol. The highest BCUT2D eigenvalue weighted by atomic mass is 19.1. The van der Waals surface area contributed by atoms with E-state index in [1.165, 1.54) is 18.2 Å². The molecule has 0 aliphatic heterocycles. The van der Waals surface area contributed by atoms with E-state index in [4.69, 9.17) is 0 Å². The van der Waals surface area contributed by atoms with Gasteiger partial charge in [-0.05, 0) is 45.0 Å². The molecule has 1 aliphatic carbocycles. The van der Waals surface area contributed by atoms with Crippen molar-refractivity contribution in [3.63, 3.8) is 0 Å². The Balaban J connectivity index is 1.81. The summed E-state index contributed by atoms with van der Waals surface area (Å²) in [7, 11) is 1.71. The first-order valence-corrected chi connectivity index (χ1v) is 7.01. The maximum atomic E-state index is 13.0. The van der Waals surface area contributed by atoms with Crippen molar-refractivity contribution in [2.24, 2.45) is 0 Å². The smallest absolute Gasteiger partial charge is 0.238 e. The third kappa shape index (κ3) is 4.82. The number of hydrogen-bond donors (Lipinski definition) is 2. The number of rotatable bonds is 6. The van der Waals surface area contributed by atoms with Crippen LogP contribution < -0.4 is 10.6 Å². The molecule has 0 radical (unpaired) electrons. The van der Waals surface area contributed by atoms with E-state index < -0.39 is 5.82 Å². The predicted molar refractivity (Wildman–Crippen MR) is 78.3 cm³/mol. The zero-order valence-corrected chi connectivity index (χ0v) is 12.2. The van der Waals surface area contributed by atoms with Crippen LogP contribution in [0.25, 0.3) is 0 Å². The highest BCUT2D eigenvalue weighted by Crippen LogP contribution is 2.19. The minimum atomic E-state index is -0.404. The summed E-state index contributed by atoms with van der Waals surface area (Å²) in [6.45, 7) is 1.82. The Morgan fingerprint density at radius 3 is 2.76 bits per heavy atom. The second kappa shape index (κ2) is 6.67. The third-order valence-corrected chi connectivity index (χ3v) is 3.47. The SMILES string of the molecule is C[C@H](C(=O)NC1CC1)N(C)CC(=O)Nc1cccc(F)c1. The minimum Gasteiger partial charge on any atom is -0.352 e. The van der Waals surface area contributed by atoms with Crippen molar-refractivity contribution in [2.75, 3.05) is 18.9 Å². The first-order chi connectivity index (χ1) is 9.95. The number of nitrogens with one attached hydrogen (secondary N) is 2. The van der Waals surface area contributed by atoms with E-state index in [1.807, 2.05) is 0 Å². The number of benzene rings is 1. The van der Waals surface area contributed by atoms with E-state index in [9.17, 15) is 14.0 Å². The fourth-order valence-corrected chi connectivity index (χ4v) is 1.88. The summed E-state index contributed by atoms with van der Waals surface area (Å²) in [5.41, 5.74) is 0.406. The number of anilines is 1. The summed E-state index contributed by atoms with van der Waals surface area (Å²) in [4.78, 5) is 25.4. The van der Waals surface area contributed by atoms with Gasteiger partial charge in [0.2, 0.25) is 11.8 Å². The molecule has 1 aliphatic rings. The van der Waals surface area contributed by atoms with E-state index in [1.54, 1.807) is 24.9 Å². The lowest BCUT2D eigenvalue weighted by Gasteiger charge is -2.23. The molecule has 1 fully saturated rings. The number of likely N-dealkylation sites (N-methyl/N-ethyl adjacent to an activating group) is 1.